The Morgan fingerprint density at radius 1 is 0.962 bits per heavy atom. The quantitative estimate of drug-likeness (QED) is 0.808. The van der Waals surface area contributed by atoms with Crippen molar-refractivity contribution in [1.82, 2.24) is 0 Å². The van der Waals surface area contributed by atoms with Gasteiger partial charge in [-0.25, -0.2) is 8.42 Å². The van der Waals surface area contributed by atoms with Gasteiger partial charge in [0.25, 0.3) is 10.0 Å². The molecule has 2 aromatic carbocycles. The Morgan fingerprint density at radius 2 is 1.54 bits per heavy atom. The average molecular weight is 394 g/mol. The molecule has 0 radical (unpaired) electrons. The molecule has 0 unspecified atom stereocenters. The normalized spacial score (nSPS) is 18.7. The Balaban J connectivity index is 1.90. The molecule has 1 N–H and O–H groups in total. The Morgan fingerprint density at radius 3 is 2.12 bits per heavy atom. The molecule has 0 aromatic heterocycles. The molecule has 0 aliphatic carbocycles. The van der Waals surface area contributed by atoms with E-state index in [1.165, 1.54) is 12.1 Å². The van der Waals surface area contributed by atoms with Gasteiger partial charge < -0.3 is 9.31 Å². The average Bonchev–Trinajstić information content (AvgIpc) is 2.78. The summed E-state index contributed by atoms with van der Waals surface area (Å²) in [4.78, 5) is 0.164. The highest BCUT2D eigenvalue weighted by molar-refractivity contribution is 7.92. The van der Waals surface area contributed by atoms with Crippen LogP contribution in [0.25, 0.3) is 0 Å². The third kappa shape index (κ3) is 3.62. The van der Waals surface area contributed by atoms with Crippen LogP contribution in [0.15, 0.2) is 53.4 Å². The fourth-order valence-corrected chi connectivity index (χ4v) is 3.86. The van der Waals surface area contributed by atoms with Crippen molar-refractivity contribution in [1.29, 1.82) is 0 Å². The topological polar surface area (TPSA) is 64.6 Å². The highest BCUT2D eigenvalue weighted by Gasteiger charge is 2.51. The molecule has 1 saturated heterocycles. The fourth-order valence-electron chi connectivity index (χ4n) is 2.55. The Kier molecular flexibility index (Phi) is 4.86. The summed E-state index contributed by atoms with van der Waals surface area (Å²) in [5.74, 6) is 0. The second-order valence-corrected chi connectivity index (χ2v) is 9.34. The minimum absolute atomic E-state index is 0.164. The number of nitrogens with one attached hydrogen (secondary N) is 1. The van der Waals surface area contributed by atoms with E-state index in [4.69, 9.17) is 20.9 Å². The zero-order valence-electron chi connectivity index (χ0n) is 15.1. The van der Waals surface area contributed by atoms with Crippen molar-refractivity contribution in [2.75, 3.05) is 4.72 Å². The van der Waals surface area contributed by atoms with Gasteiger partial charge in [0.2, 0.25) is 0 Å². The molecule has 1 fully saturated rings. The maximum atomic E-state index is 12.6. The SMILES string of the molecule is CC1(C)OB(c2ccc(Cl)c(NS(=O)(=O)c3ccccc3)c2)OC1(C)C. The van der Waals surface area contributed by atoms with E-state index in [1.807, 2.05) is 27.7 Å². The molecule has 1 aliphatic rings. The van der Waals surface area contributed by atoms with Gasteiger partial charge >= 0.3 is 7.12 Å². The molecule has 3 rings (SSSR count). The van der Waals surface area contributed by atoms with E-state index in [2.05, 4.69) is 4.72 Å². The van der Waals surface area contributed by atoms with Crippen molar-refractivity contribution in [3.05, 3.63) is 53.6 Å². The molecule has 0 bridgehead atoms. The van der Waals surface area contributed by atoms with Crippen LogP contribution in [0, 0.1) is 0 Å². The minimum atomic E-state index is -3.74. The van der Waals surface area contributed by atoms with E-state index >= 15 is 0 Å². The molecule has 2 aromatic rings. The highest BCUT2D eigenvalue weighted by atomic mass is 35.5. The minimum Gasteiger partial charge on any atom is -0.399 e. The highest BCUT2D eigenvalue weighted by Crippen LogP contribution is 2.37. The lowest BCUT2D eigenvalue weighted by Gasteiger charge is -2.32. The Labute approximate surface area is 159 Å². The Hall–Kier alpha value is -1.54. The van der Waals surface area contributed by atoms with Gasteiger partial charge in [-0.2, -0.15) is 0 Å². The predicted molar refractivity (Wildman–Crippen MR) is 104 cm³/mol. The summed E-state index contributed by atoms with van der Waals surface area (Å²) in [7, 11) is -4.34. The largest absolute Gasteiger partial charge is 0.494 e. The zero-order valence-corrected chi connectivity index (χ0v) is 16.7. The first-order valence-corrected chi connectivity index (χ1v) is 10.1. The van der Waals surface area contributed by atoms with Crippen LogP contribution in [0.4, 0.5) is 5.69 Å². The number of anilines is 1. The standard InChI is InChI=1S/C18H21BClNO4S/c1-17(2)18(3,4)25-19(24-17)13-10-11-15(20)16(12-13)21-26(22,23)14-8-6-5-7-9-14/h5-12,21H,1-4H3. The second-order valence-electron chi connectivity index (χ2n) is 7.25. The zero-order chi connectivity index (χ0) is 19.2. The first kappa shape index (κ1) is 19.2. The number of benzene rings is 2. The molecule has 0 amide bonds. The Bertz CT molecular complexity index is 900. The molecule has 1 heterocycles. The summed E-state index contributed by atoms with van der Waals surface area (Å²) < 4.78 is 39.7. The fraction of sp³-hybridized carbons (Fsp3) is 0.333. The van der Waals surface area contributed by atoms with Crippen molar-refractivity contribution >= 4 is 39.9 Å². The van der Waals surface area contributed by atoms with Gasteiger partial charge in [-0.15, -0.1) is 0 Å². The number of sulfonamides is 1. The summed E-state index contributed by atoms with van der Waals surface area (Å²) in [5.41, 5.74) is 0.00343. The number of rotatable bonds is 4. The number of hydrogen-bond acceptors (Lipinski definition) is 4. The summed E-state index contributed by atoms with van der Waals surface area (Å²) in [6, 6.07) is 13.2. The molecule has 0 atom stereocenters. The lowest BCUT2D eigenvalue weighted by Crippen LogP contribution is -2.41. The van der Waals surface area contributed by atoms with Gasteiger partial charge in [0.05, 0.1) is 26.8 Å². The van der Waals surface area contributed by atoms with Gasteiger partial charge in [-0.3, -0.25) is 4.72 Å². The summed E-state index contributed by atoms with van der Waals surface area (Å²) in [6.07, 6.45) is 0. The van der Waals surface area contributed by atoms with Crippen LogP contribution in [0.3, 0.4) is 0 Å². The summed E-state index contributed by atoms with van der Waals surface area (Å²) >= 11 is 6.20. The smallest absolute Gasteiger partial charge is 0.399 e. The van der Waals surface area contributed by atoms with E-state index in [0.717, 1.165) is 0 Å². The van der Waals surface area contributed by atoms with Crippen LogP contribution in [0.2, 0.25) is 5.02 Å². The van der Waals surface area contributed by atoms with Crippen molar-refractivity contribution in [3.63, 3.8) is 0 Å². The predicted octanol–water partition coefficient (Wildman–Crippen LogP) is 3.44. The van der Waals surface area contributed by atoms with E-state index in [1.54, 1.807) is 36.4 Å². The molecule has 1 aliphatic heterocycles. The monoisotopic (exact) mass is 393 g/mol. The van der Waals surface area contributed by atoms with Gasteiger partial charge in [0, 0.05) is 0 Å². The lowest BCUT2D eigenvalue weighted by atomic mass is 9.79. The van der Waals surface area contributed by atoms with Crippen molar-refractivity contribution in [2.24, 2.45) is 0 Å². The molecule has 5 nitrogen and oxygen atoms in total. The van der Waals surface area contributed by atoms with E-state index in [0.29, 0.717) is 10.5 Å². The number of halogens is 1. The van der Waals surface area contributed by atoms with E-state index in [-0.39, 0.29) is 10.6 Å². The van der Waals surface area contributed by atoms with Crippen LogP contribution in [-0.4, -0.2) is 26.7 Å². The summed E-state index contributed by atoms with van der Waals surface area (Å²) in [5, 5.41) is 0.296. The van der Waals surface area contributed by atoms with Crippen LogP contribution in [0.5, 0.6) is 0 Å². The van der Waals surface area contributed by atoms with Crippen molar-refractivity contribution in [3.8, 4) is 0 Å². The molecular weight excluding hydrogens is 373 g/mol. The van der Waals surface area contributed by atoms with Crippen LogP contribution < -0.4 is 10.2 Å². The van der Waals surface area contributed by atoms with Crippen LogP contribution >= 0.6 is 11.6 Å². The van der Waals surface area contributed by atoms with Gasteiger partial charge in [-0.05, 0) is 57.4 Å². The lowest BCUT2D eigenvalue weighted by molar-refractivity contribution is 0.00578. The van der Waals surface area contributed by atoms with Crippen molar-refractivity contribution < 1.29 is 17.7 Å². The van der Waals surface area contributed by atoms with Gasteiger partial charge in [-0.1, -0.05) is 35.9 Å². The van der Waals surface area contributed by atoms with Crippen LogP contribution in [0.1, 0.15) is 27.7 Å². The van der Waals surface area contributed by atoms with E-state index in [9.17, 15) is 8.42 Å². The molecule has 8 heteroatoms. The van der Waals surface area contributed by atoms with Gasteiger partial charge in [0.1, 0.15) is 0 Å². The van der Waals surface area contributed by atoms with E-state index < -0.39 is 28.3 Å². The molecule has 0 spiro atoms. The summed E-state index contributed by atoms with van der Waals surface area (Å²) in [6.45, 7) is 7.84. The third-order valence-corrected chi connectivity index (χ3v) is 6.52. The first-order valence-electron chi connectivity index (χ1n) is 8.25. The molecule has 0 saturated carbocycles. The molecule has 138 valence electrons. The second kappa shape index (κ2) is 6.57. The van der Waals surface area contributed by atoms with Gasteiger partial charge in [0.15, 0.2) is 0 Å². The third-order valence-electron chi connectivity index (χ3n) is 4.81. The molecular formula is C18H21BClNO4S. The first-order chi connectivity index (χ1) is 12.0. The number of hydrogen-bond donors (Lipinski definition) is 1. The maximum absolute atomic E-state index is 12.6. The van der Waals surface area contributed by atoms with Crippen LogP contribution in [-0.2, 0) is 19.3 Å². The molecule has 26 heavy (non-hydrogen) atoms. The maximum Gasteiger partial charge on any atom is 0.494 e. The van der Waals surface area contributed by atoms with Crippen molar-refractivity contribution in [2.45, 2.75) is 43.8 Å².